The Morgan fingerprint density at radius 3 is 2.91 bits per heavy atom. The standard InChI is InChI=1S/C13H12N2O5S2/c1-8-7-21-13(14-8)22-11-3-2-9(6-10(11)15(18)19)12(17)20-5-4-16/h2-3,6-7,16H,4-5H2,1H3. The maximum atomic E-state index is 11.7. The second-order valence-corrected chi connectivity index (χ2v) is 6.30. The number of benzene rings is 1. The molecule has 1 heterocycles. The summed E-state index contributed by atoms with van der Waals surface area (Å²) < 4.78 is 5.44. The van der Waals surface area contributed by atoms with Gasteiger partial charge in [-0.25, -0.2) is 9.78 Å². The lowest BCUT2D eigenvalue weighted by Gasteiger charge is -2.05. The maximum absolute atomic E-state index is 11.7. The Hall–Kier alpha value is -1.97. The van der Waals surface area contributed by atoms with Crippen molar-refractivity contribution >= 4 is 34.8 Å². The molecule has 0 atom stereocenters. The van der Waals surface area contributed by atoms with Crippen LogP contribution in [0.3, 0.4) is 0 Å². The van der Waals surface area contributed by atoms with Crippen LogP contribution in [0, 0.1) is 17.0 Å². The maximum Gasteiger partial charge on any atom is 0.338 e. The highest BCUT2D eigenvalue weighted by atomic mass is 32.2. The Kier molecular flexibility index (Phi) is 5.47. The number of aromatic nitrogens is 1. The third-order valence-corrected chi connectivity index (χ3v) is 4.63. The van der Waals surface area contributed by atoms with Crippen LogP contribution in [-0.4, -0.2) is 34.2 Å². The van der Waals surface area contributed by atoms with Crippen molar-refractivity contribution in [3.8, 4) is 0 Å². The molecule has 0 amide bonds. The van der Waals surface area contributed by atoms with Gasteiger partial charge in [0, 0.05) is 17.1 Å². The number of carbonyl (C=O) groups excluding carboxylic acids is 1. The van der Waals surface area contributed by atoms with E-state index in [9.17, 15) is 14.9 Å². The summed E-state index contributed by atoms with van der Waals surface area (Å²) in [6.07, 6.45) is 0. The van der Waals surface area contributed by atoms with E-state index >= 15 is 0 Å². The van der Waals surface area contributed by atoms with Crippen LogP contribution in [-0.2, 0) is 4.74 Å². The summed E-state index contributed by atoms with van der Waals surface area (Å²) >= 11 is 2.57. The topological polar surface area (TPSA) is 103 Å². The SMILES string of the molecule is Cc1csc(Sc2ccc(C(=O)OCCO)cc2[N+](=O)[O-])n1. The number of esters is 1. The Labute approximate surface area is 134 Å². The van der Waals surface area contributed by atoms with Crippen molar-refractivity contribution in [1.29, 1.82) is 0 Å². The number of aliphatic hydroxyl groups excluding tert-OH is 1. The molecule has 2 aromatic rings. The molecule has 0 saturated heterocycles. The molecule has 0 aliphatic rings. The first kappa shape index (κ1) is 16.4. The fourth-order valence-electron chi connectivity index (χ4n) is 1.57. The van der Waals surface area contributed by atoms with E-state index in [2.05, 4.69) is 4.98 Å². The number of carbonyl (C=O) groups is 1. The Morgan fingerprint density at radius 1 is 1.55 bits per heavy atom. The number of hydrogen-bond donors (Lipinski definition) is 1. The van der Waals surface area contributed by atoms with Crippen molar-refractivity contribution in [1.82, 2.24) is 4.98 Å². The number of hydrogen-bond acceptors (Lipinski definition) is 8. The highest BCUT2D eigenvalue weighted by Crippen LogP contribution is 2.36. The summed E-state index contributed by atoms with van der Waals surface area (Å²) in [5.74, 6) is -0.709. The van der Waals surface area contributed by atoms with Crippen LogP contribution in [0.1, 0.15) is 16.1 Å². The summed E-state index contributed by atoms with van der Waals surface area (Å²) in [6.45, 7) is 1.39. The predicted molar refractivity (Wildman–Crippen MR) is 81.4 cm³/mol. The molecule has 0 saturated carbocycles. The molecular formula is C13H12N2O5S2. The predicted octanol–water partition coefficient (Wildman–Crippen LogP) is 2.66. The van der Waals surface area contributed by atoms with Gasteiger partial charge in [0.2, 0.25) is 0 Å². The molecule has 9 heteroatoms. The molecule has 7 nitrogen and oxygen atoms in total. The van der Waals surface area contributed by atoms with Crippen molar-refractivity contribution in [2.45, 2.75) is 16.2 Å². The average molecular weight is 340 g/mol. The van der Waals surface area contributed by atoms with E-state index in [0.29, 0.717) is 9.24 Å². The normalized spacial score (nSPS) is 10.5. The van der Waals surface area contributed by atoms with E-state index in [-0.39, 0.29) is 24.5 Å². The van der Waals surface area contributed by atoms with Crippen LogP contribution < -0.4 is 0 Å². The summed E-state index contributed by atoms with van der Waals surface area (Å²) in [5.41, 5.74) is 0.732. The average Bonchev–Trinajstić information content (AvgIpc) is 2.90. The largest absolute Gasteiger partial charge is 0.460 e. The molecule has 0 aliphatic heterocycles. The summed E-state index contributed by atoms with van der Waals surface area (Å²) in [7, 11) is 0. The molecule has 2 rings (SSSR count). The lowest BCUT2D eigenvalue weighted by Crippen LogP contribution is -2.09. The van der Waals surface area contributed by atoms with E-state index in [1.165, 1.54) is 41.3 Å². The molecule has 0 fully saturated rings. The fraction of sp³-hybridized carbons (Fsp3) is 0.231. The van der Waals surface area contributed by atoms with Crippen LogP contribution in [0.25, 0.3) is 0 Å². The number of nitro benzene ring substituents is 1. The minimum atomic E-state index is -0.709. The molecule has 0 radical (unpaired) electrons. The summed E-state index contributed by atoms with van der Waals surface area (Å²) in [4.78, 5) is 27.0. The smallest absolute Gasteiger partial charge is 0.338 e. The van der Waals surface area contributed by atoms with Gasteiger partial charge in [-0.15, -0.1) is 11.3 Å². The Balaban J connectivity index is 2.27. The van der Waals surface area contributed by atoms with Gasteiger partial charge in [0.1, 0.15) is 6.61 Å². The minimum absolute atomic E-state index is 0.0693. The number of aliphatic hydroxyl groups is 1. The van der Waals surface area contributed by atoms with Crippen molar-refractivity contribution in [3.05, 3.63) is 45.0 Å². The van der Waals surface area contributed by atoms with E-state index in [4.69, 9.17) is 9.84 Å². The van der Waals surface area contributed by atoms with Crippen LogP contribution in [0.15, 0.2) is 32.8 Å². The van der Waals surface area contributed by atoms with Gasteiger partial charge in [0.05, 0.1) is 22.0 Å². The summed E-state index contributed by atoms with van der Waals surface area (Å²) in [5, 5.41) is 21.7. The number of nitro groups is 1. The third-order valence-electron chi connectivity index (χ3n) is 2.51. The van der Waals surface area contributed by atoms with E-state index in [1.54, 1.807) is 0 Å². The van der Waals surface area contributed by atoms with E-state index in [1.807, 2.05) is 12.3 Å². The lowest BCUT2D eigenvalue weighted by atomic mass is 10.2. The van der Waals surface area contributed by atoms with Gasteiger partial charge in [0.15, 0.2) is 4.34 Å². The molecule has 22 heavy (non-hydrogen) atoms. The van der Waals surface area contributed by atoms with Crippen molar-refractivity contribution in [2.75, 3.05) is 13.2 Å². The second kappa shape index (κ2) is 7.34. The zero-order chi connectivity index (χ0) is 16.1. The van der Waals surface area contributed by atoms with Crippen molar-refractivity contribution < 1.29 is 19.6 Å². The highest BCUT2D eigenvalue weighted by Gasteiger charge is 2.20. The van der Waals surface area contributed by atoms with Crippen molar-refractivity contribution in [2.24, 2.45) is 0 Å². The Morgan fingerprint density at radius 2 is 2.32 bits per heavy atom. The molecule has 0 bridgehead atoms. The molecule has 0 unspecified atom stereocenters. The first-order valence-electron chi connectivity index (χ1n) is 6.17. The number of thiazole rings is 1. The zero-order valence-electron chi connectivity index (χ0n) is 11.5. The van der Waals surface area contributed by atoms with Crippen LogP contribution in [0.2, 0.25) is 0 Å². The molecule has 1 aromatic carbocycles. The molecule has 1 aromatic heterocycles. The number of nitrogens with zero attached hydrogens (tertiary/aromatic N) is 2. The van der Waals surface area contributed by atoms with Gasteiger partial charge in [-0.3, -0.25) is 10.1 Å². The number of aryl methyl sites for hydroxylation is 1. The number of ether oxygens (including phenoxy) is 1. The molecule has 0 spiro atoms. The van der Waals surface area contributed by atoms with Gasteiger partial charge in [0.25, 0.3) is 5.69 Å². The third kappa shape index (κ3) is 4.03. The zero-order valence-corrected chi connectivity index (χ0v) is 13.1. The summed E-state index contributed by atoms with van der Waals surface area (Å²) in [6, 6.07) is 4.12. The second-order valence-electron chi connectivity index (χ2n) is 4.16. The van der Waals surface area contributed by atoms with E-state index in [0.717, 1.165) is 5.69 Å². The van der Waals surface area contributed by atoms with Crippen molar-refractivity contribution in [3.63, 3.8) is 0 Å². The van der Waals surface area contributed by atoms with Crippen LogP contribution in [0.5, 0.6) is 0 Å². The van der Waals surface area contributed by atoms with Crippen LogP contribution >= 0.6 is 23.1 Å². The molecule has 1 N–H and O–H groups in total. The van der Waals surface area contributed by atoms with Gasteiger partial charge in [-0.2, -0.15) is 0 Å². The first-order valence-corrected chi connectivity index (χ1v) is 7.87. The first-order chi connectivity index (χ1) is 10.5. The van der Waals surface area contributed by atoms with Gasteiger partial charge < -0.3 is 9.84 Å². The van der Waals surface area contributed by atoms with Gasteiger partial charge >= 0.3 is 5.97 Å². The quantitative estimate of drug-likeness (QED) is 0.490. The van der Waals surface area contributed by atoms with Gasteiger partial charge in [-0.1, -0.05) is 11.8 Å². The Bertz CT molecular complexity index is 701. The van der Waals surface area contributed by atoms with Gasteiger partial charge in [-0.05, 0) is 19.1 Å². The molecule has 0 aliphatic carbocycles. The number of rotatable bonds is 6. The monoisotopic (exact) mass is 340 g/mol. The molecular weight excluding hydrogens is 328 g/mol. The minimum Gasteiger partial charge on any atom is -0.460 e. The molecule has 116 valence electrons. The highest BCUT2D eigenvalue weighted by molar-refractivity contribution is 8.01. The van der Waals surface area contributed by atoms with Crippen LogP contribution in [0.4, 0.5) is 5.69 Å². The van der Waals surface area contributed by atoms with E-state index < -0.39 is 10.9 Å². The fourth-order valence-corrected chi connectivity index (χ4v) is 3.45. The lowest BCUT2D eigenvalue weighted by molar-refractivity contribution is -0.387.